The molecular formula is C30H44N2O3. The number of ether oxygens (including phenoxy) is 1. The van der Waals surface area contributed by atoms with Gasteiger partial charge in [-0.2, -0.15) is 0 Å². The zero-order valence-corrected chi connectivity index (χ0v) is 22.5. The lowest BCUT2D eigenvalue weighted by Crippen LogP contribution is -1.82. The number of terminal acetylenes is 1. The van der Waals surface area contributed by atoms with Gasteiger partial charge in [0.2, 0.25) is 0 Å². The maximum atomic E-state index is 9.33. The van der Waals surface area contributed by atoms with Crippen molar-refractivity contribution in [3.8, 4) is 18.6 Å². The summed E-state index contributed by atoms with van der Waals surface area (Å²) in [4.78, 5) is 16.9. The molecule has 0 fully saturated rings. The second-order valence-electron chi connectivity index (χ2n) is 5.84. The van der Waals surface area contributed by atoms with Gasteiger partial charge in [-0.3, -0.25) is 0 Å². The van der Waals surface area contributed by atoms with Crippen molar-refractivity contribution in [1.29, 1.82) is 0 Å². The predicted molar refractivity (Wildman–Crippen MR) is 155 cm³/mol. The third kappa shape index (κ3) is 24.4. The number of H-pyrrole nitrogens is 1. The fraction of sp³-hybridized carbons (Fsp3) is 0.267. The van der Waals surface area contributed by atoms with E-state index in [9.17, 15) is 4.79 Å². The lowest BCUT2D eigenvalue weighted by atomic mass is 10.2. The van der Waals surface area contributed by atoms with Gasteiger partial charge in [0.05, 0.1) is 25.3 Å². The Morgan fingerprint density at radius 3 is 1.97 bits per heavy atom. The molecule has 2 N–H and O–H groups in total. The van der Waals surface area contributed by atoms with Gasteiger partial charge in [-0.05, 0) is 57.0 Å². The molecule has 0 aliphatic heterocycles. The maximum Gasteiger partial charge on any atom is 0.130 e. The Kier molecular flexibility index (Phi) is 35.1. The number of imidazole rings is 1. The highest BCUT2D eigenvalue weighted by Gasteiger charge is 1.98. The Labute approximate surface area is 213 Å². The van der Waals surface area contributed by atoms with Gasteiger partial charge in [0.15, 0.2) is 0 Å². The third-order valence-electron chi connectivity index (χ3n) is 3.41. The molecule has 35 heavy (non-hydrogen) atoms. The van der Waals surface area contributed by atoms with Crippen molar-refractivity contribution in [2.75, 3.05) is 7.11 Å². The number of nitrogens with one attached hydrogen (secondary N) is 1. The lowest BCUT2D eigenvalue weighted by molar-refractivity contribution is -0.107. The number of aromatic amines is 1. The fourth-order valence-corrected chi connectivity index (χ4v) is 1.74. The predicted octanol–water partition coefficient (Wildman–Crippen LogP) is 8.32. The number of aliphatic hydroxyl groups excluding tert-OH is 1. The topological polar surface area (TPSA) is 75.2 Å². The van der Waals surface area contributed by atoms with Gasteiger partial charge in [-0.25, -0.2) is 4.98 Å². The average Bonchev–Trinajstić information content (AvgIpc) is 3.40. The molecule has 1 heterocycles. The Balaban J connectivity index is -0.000000248. The van der Waals surface area contributed by atoms with E-state index in [4.69, 9.17) is 9.84 Å². The number of benzene rings is 1. The molecule has 0 aliphatic carbocycles. The number of aromatic nitrogens is 2. The van der Waals surface area contributed by atoms with Gasteiger partial charge in [0.1, 0.15) is 17.9 Å². The standard InChI is InChI=1S/C16H18N2O.C4H6O.C3H6O.C3H6.C2H6.C2H2/c1-4-12(2)15-11-17-16(18-15)10-7-13-5-8-14(19-3)9-6-13;1-2-3-4-5;1-2-3-4;1-3-2;2*1-2/h4-11H,1-3H3,(H,17,18);2,4H,1,3H2;2-4H,1H3;3H,1H2,2H3;1-2H3;1-2H/b10-7+,12-4+;;3-2+;;;. The molecule has 5 nitrogen and oxygen atoms in total. The molecule has 0 saturated carbocycles. The van der Waals surface area contributed by atoms with Crippen LogP contribution in [0.15, 0.2) is 74.2 Å². The number of aldehydes is 1. The van der Waals surface area contributed by atoms with Gasteiger partial charge >= 0.3 is 0 Å². The summed E-state index contributed by atoms with van der Waals surface area (Å²) in [6, 6.07) is 7.90. The Hall–Kier alpha value is -4.04. The van der Waals surface area contributed by atoms with E-state index in [1.165, 1.54) is 5.57 Å². The molecule has 0 radical (unpaired) electrons. The zero-order valence-electron chi connectivity index (χ0n) is 22.5. The summed E-state index contributed by atoms with van der Waals surface area (Å²) in [5.74, 6) is 1.72. The number of hydrogen-bond donors (Lipinski definition) is 2. The van der Waals surface area contributed by atoms with Gasteiger partial charge in [0.25, 0.3) is 0 Å². The smallest absolute Gasteiger partial charge is 0.130 e. The molecule has 0 spiro atoms. The van der Waals surface area contributed by atoms with Gasteiger partial charge in [-0.1, -0.05) is 56.4 Å². The van der Waals surface area contributed by atoms with Gasteiger partial charge in [0, 0.05) is 6.42 Å². The SMILES string of the molecule is C#C.C/C=C(\C)c1cnc(/C=C/c2ccc(OC)cc2)[nH]1.C/C=C/O.C=CC.C=CCC=O.CC. The van der Waals surface area contributed by atoms with E-state index in [1.807, 2.05) is 70.3 Å². The first-order chi connectivity index (χ1) is 17.0. The number of nitrogens with zero attached hydrogens (tertiary/aromatic N) is 1. The molecule has 0 unspecified atom stereocenters. The Morgan fingerprint density at radius 1 is 1.11 bits per heavy atom. The van der Waals surface area contributed by atoms with Crippen LogP contribution in [0.3, 0.4) is 0 Å². The van der Waals surface area contributed by atoms with Crippen LogP contribution in [0.1, 0.15) is 65.0 Å². The molecule has 0 aliphatic rings. The van der Waals surface area contributed by atoms with Crippen LogP contribution in [0.2, 0.25) is 0 Å². The van der Waals surface area contributed by atoms with E-state index in [-0.39, 0.29) is 0 Å². The first kappa shape index (κ1) is 38.2. The molecule has 192 valence electrons. The van der Waals surface area contributed by atoms with Crippen molar-refractivity contribution in [3.63, 3.8) is 0 Å². The van der Waals surface area contributed by atoms with Gasteiger partial charge in [-0.15, -0.1) is 26.0 Å². The van der Waals surface area contributed by atoms with E-state index in [2.05, 4.69) is 49.0 Å². The number of carbonyl (C=O) groups excluding carboxylic acids is 1. The summed E-state index contributed by atoms with van der Waals surface area (Å²) in [5.41, 5.74) is 3.36. The molecule has 5 heteroatoms. The highest BCUT2D eigenvalue weighted by atomic mass is 16.5. The van der Waals surface area contributed by atoms with E-state index in [0.717, 1.165) is 35.4 Å². The molecule has 0 saturated heterocycles. The summed E-state index contributed by atoms with van der Waals surface area (Å²) < 4.78 is 5.13. The normalized spacial score (nSPS) is 9.11. The van der Waals surface area contributed by atoms with Crippen molar-refractivity contribution in [2.45, 2.75) is 48.0 Å². The first-order valence-corrected chi connectivity index (χ1v) is 11.2. The molecule has 2 aromatic rings. The molecular weight excluding hydrogens is 436 g/mol. The molecule has 0 bridgehead atoms. The number of allylic oxidation sites excluding steroid dienone is 5. The number of rotatable bonds is 6. The van der Waals surface area contributed by atoms with Crippen molar-refractivity contribution in [2.24, 2.45) is 0 Å². The molecule has 1 aromatic carbocycles. The van der Waals surface area contributed by atoms with Crippen LogP contribution in [-0.2, 0) is 4.79 Å². The summed E-state index contributed by atoms with van der Waals surface area (Å²) >= 11 is 0. The molecule has 0 amide bonds. The minimum atomic E-state index is 0.472. The van der Waals surface area contributed by atoms with Crippen LogP contribution in [0.25, 0.3) is 17.7 Å². The van der Waals surface area contributed by atoms with Gasteiger partial charge < -0.3 is 19.6 Å². The highest BCUT2D eigenvalue weighted by Crippen LogP contribution is 2.14. The number of aliphatic hydroxyl groups is 1. The zero-order chi connectivity index (χ0) is 27.9. The van der Waals surface area contributed by atoms with E-state index < -0.39 is 0 Å². The second kappa shape index (κ2) is 32.1. The van der Waals surface area contributed by atoms with Crippen LogP contribution in [0.5, 0.6) is 5.75 Å². The van der Waals surface area contributed by atoms with Crippen LogP contribution in [-0.4, -0.2) is 28.5 Å². The highest BCUT2D eigenvalue weighted by molar-refractivity contribution is 5.68. The van der Waals surface area contributed by atoms with Crippen molar-refractivity contribution in [1.82, 2.24) is 9.97 Å². The molecule has 0 atom stereocenters. The van der Waals surface area contributed by atoms with Crippen molar-refractivity contribution in [3.05, 3.63) is 91.3 Å². The van der Waals surface area contributed by atoms with Crippen molar-refractivity contribution >= 4 is 24.0 Å². The van der Waals surface area contributed by atoms with Crippen LogP contribution in [0, 0.1) is 12.8 Å². The summed E-state index contributed by atoms with van der Waals surface area (Å²) in [7, 11) is 1.67. The monoisotopic (exact) mass is 480 g/mol. The fourth-order valence-electron chi connectivity index (χ4n) is 1.74. The number of hydrogen-bond acceptors (Lipinski definition) is 4. The Bertz CT molecular complexity index is 845. The number of carbonyl (C=O) groups is 1. The van der Waals surface area contributed by atoms with E-state index >= 15 is 0 Å². The first-order valence-electron chi connectivity index (χ1n) is 11.2. The molecule has 2 rings (SSSR count). The Morgan fingerprint density at radius 2 is 1.63 bits per heavy atom. The van der Waals surface area contributed by atoms with E-state index in [0.29, 0.717) is 6.42 Å². The number of methoxy groups -OCH3 is 1. The maximum absolute atomic E-state index is 9.33. The minimum Gasteiger partial charge on any atom is -0.516 e. The summed E-state index contributed by atoms with van der Waals surface area (Å²) in [6.45, 7) is 18.4. The second-order valence-corrected chi connectivity index (χ2v) is 5.84. The van der Waals surface area contributed by atoms with Crippen LogP contribution in [0.4, 0.5) is 0 Å². The largest absolute Gasteiger partial charge is 0.516 e. The quantitative estimate of drug-likeness (QED) is 0.189. The summed E-state index contributed by atoms with van der Waals surface area (Å²) in [6.07, 6.45) is 23.1. The molecule has 1 aromatic heterocycles. The lowest BCUT2D eigenvalue weighted by Gasteiger charge is -1.98. The van der Waals surface area contributed by atoms with E-state index in [1.54, 1.807) is 32.3 Å². The van der Waals surface area contributed by atoms with Crippen LogP contribution >= 0.6 is 0 Å². The third-order valence-corrected chi connectivity index (χ3v) is 3.41. The average molecular weight is 481 g/mol. The summed E-state index contributed by atoms with van der Waals surface area (Å²) in [5, 5.41) is 7.69. The minimum absolute atomic E-state index is 0.472. The van der Waals surface area contributed by atoms with Crippen LogP contribution < -0.4 is 4.74 Å². The van der Waals surface area contributed by atoms with Crippen molar-refractivity contribution < 1.29 is 14.6 Å².